The second-order valence-corrected chi connectivity index (χ2v) is 3.79. The fourth-order valence-corrected chi connectivity index (χ4v) is 1.31. The summed E-state index contributed by atoms with van der Waals surface area (Å²) in [6.45, 7) is -0.943. The Bertz CT molecular complexity index is 384. The first-order chi connectivity index (χ1) is 8.47. The van der Waals surface area contributed by atoms with Crippen molar-refractivity contribution in [3.05, 3.63) is 35.9 Å². The Balaban J connectivity index is 2.50. The lowest BCUT2D eigenvalue weighted by molar-refractivity contribution is -0.177. The molecule has 100 valence electrons. The van der Waals surface area contributed by atoms with E-state index in [0.717, 1.165) is 0 Å². The number of nitrogens with one attached hydrogen (secondary N) is 1. The van der Waals surface area contributed by atoms with Crippen molar-refractivity contribution < 1.29 is 23.4 Å². The minimum atomic E-state index is -3.55. The van der Waals surface area contributed by atoms with Crippen LogP contribution in [0.25, 0.3) is 0 Å². The second kappa shape index (κ2) is 6.42. The van der Waals surface area contributed by atoms with Gasteiger partial charge in [0.15, 0.2) is 0 Å². The van der Waals surface area contributed by atoms with Crippen molar-refractivity contribution in [1.82, 2.24) is 5.32 Å². The van der Waals surface area contributed by atoms with E-state index in [2.05, 4.69) is 10.1 Å². The van der Waals surface area contributed by atoms with Crippen molar-refractivity contribution in [2.24, 2.45) is 0 Å². The van der Waals surface area contributed by atoms with Crippen LogP contribution in [0.15, 0.2) is 30.3 Å². The molecule has 0 aliphatic heterocycles. The monoisotopic (exact) mass is 259 g/mol. The number of alkyl halides is 2. The third-order valence-electron chi connectivity index (χ3n) is 2.26. The molecule has 2 N–H and O–H groups in total. The molecule has 1 aromatic carbocycles. The van der Waals surface area contributed by atoms with E-state index < -0.39 is 24.5 Å². The fourth-order valence-electron chi connectivity index (χ4n) is 1.31. The van der Waals surface area contributed by atoms with Crippen LogP contribution in [0.4, 0.5) is 8.78 Å². The van der Waals surface area contributed by atoms with Gasteiger partial charge in [-0.25, -0.2) is 13.6 Å². The van der Waals surface area contributed by atoms with Crippen LogP contribution in [0, 0.1) is 0 Å². The number of rotatable bonds is 6. The third kappa shape index (κ3) is 4.05. The van der Waals surface area contributed by atoms with Gasteiger partial charge in [0, 0.05) is 0 Å². The number of aliphatic hydroxyl groups is 1. The molecule has 0 aromatic heterocycles. The molecule has 0 radical (unpaired) electrons. The molecule has 1 unspecified atom stereocenters. The zero-order valence-electron chi connectivity index (χ0n) is 9.90. The Kier molecular flexibility index (Phi) is 5.18. The van der Waals surface area contributed by atoms with Crippen LogP contribution in [-0.4, -0.2) is 36.7 Å². The van der Waals surface area contributed by atoms with Crippen molar-refractivity contribution in [2.75, 3.05) is 13.6 Å². The molecule has 1 atom stereocenters. The van der Waals surface area contributed by atoms with Gasteiger partial charge >= 0.3 is 5.97 Å². The second-order valence-electron chi connectivity index (χ2n) is 3.79. The molecule has 1 aromatic rings. The molecule has 0 bridgehead atoms. The van der Waals surface area contributed by atoms with Crippen molar-refractivity contribution >= 4 is 5.97 Å². The van der Waals surface area contributed by atoms with E-state index in [1.54, 1.807) is 30.3 Å². The van der Waals surface area contributed by atoms with Gasteiger partial charge in [-0.05, 0) is 12.6 Å². The van der Waals surface area contributed by atoms with E-state index in [0.29, 0.717) is 5.56 Å². The van der Waals surface area contributed by atoms with Crippen LogP contribution >= 0.6 is 0 Å². The quantitative estimate of drug-likeness (QED) is 0.747. The molecule has 1 rings (SSSR count). The topological polar surface area (TPSA) is 58.6 Å². The van der Waals surface area contributed by atoms with Crippen LogP contribution in [0.1, 0.15) is 5.56 Å². The zero-order valence-corrected chi connectivity index (χ0v) is 9.90. The van der Waals surface area contributed by atoms with Crippen LogP contribution < -0.4 is 5.32 Å². The van der Waals surface area contributed by atoms with Crippen LogP contribution in [0.2, 0.25) is 0 Å². The van der Waals surface area contributed by atoms with Crippen molar-refractivity contribution in [3.63, 3.8) is 0 Å². The lowest BCUT2D eigenvalue weighted by Crippen LogP contribution is -2.47. The number of benzene rings is 1. The summed E-state index contributed by atoms with van der Waals surface area (Å²) < 4.78 is 31.0. The van der Waals surface area contributed by atoms with E-state index in [9.17, 15) is 18.7 Å². The summed E-state index contributed by atoms with van der Waals surface area (Å²) >= 11 is 0. The maximum absolute atomic E-state index is 13.2. The smallest absolute Gasteiger partial charge is 0.341 e. The number of carbonyl (C=O) groups excluding carboxylic acids is 1. The van der Waals surface area contributed by atoms with Crippen molar-refractivity contribution in [3.8, 4) is 0 Å². The van der Waals surface area contributed by atoms with Gasteiger partial charge in [-0.3, -0.25) is 0 Å². The van der Waals surface area contributed by atoms with Gasteiger partial charge in [-0.1, -0.05) is 30.3 Å². The van der Waals surface area contributed by atoms with Gasteiger partial charge in [0.2, 0.25) is 6.10 Å². The molecule has 4 nitrogen and oxygen atoms in total. The highest BCUT2D eigenvalue weighted by molar-refractivity contribution is 5.75. The molecule has 0 spiro atoms. The summed E-state index contributed by atoms with van der Waals surface area (Å²) in [5.74, 6) is -4.89. The Hall–Kier alpha value is -1.53. The average Bonchev–Trinajstić information content (AvgIpc) is 2.36. The van der Waals surface area contributed by atoms with E-state index in [4.69, 9.17) is 0 Å². The van der Waals surface area contributed by atoms with Crippen LogP contribution in [0.5, 0.6) is 0 Å². The highest BCUT2D eigenvalue weighted by Crippen LogP contribution is 2.19. The Morgan fingerprint density at radius 2 is 2.06 bits per heavy atom. The third-order valence-corrected chi connectivity index (χ3v) is 2.26. The zero-order chi connectivity index (χ0) is 13.6. The Morgan fingerprint density at radius 1 is 1.44 bits per heavy atom. The summed E-state index contributed by atoms with van der Waals surface area (Å²) in [6.07, 6.45) is -2.46. The van der Waals surface area contributed by atoms with Gasteiger partial charge in [0.05, 0.1) is 6.54 Å². The minimum absolute atomic E-state index is 0.146. The molecule has 0 amide bonds. The lowest BCUT2D eigenvalue weighted by Gasteiger charge is -2.20. The number of carbonyl (C=O) groups is 1. The molecule has 0 saturated heterocycles. The molecule has 0 saturated carbocycles. The van der Waals surface area contributed by atoms with E-state index >= 15 is 0 Å². The molecular weight excluding hydrogens is 244 g/mol. The standard InChI is InChI=1S/C12H15F2NO3/c1-15-8-12(13,14)10(16)11(17)18-7-9-5-3-2-4-6-9/h2-6,10,15-16H,7-8H2,1H3. The normalized spacial score (nSPS) is 13.1. The first-order valence-corrected chi connectivity index (χ1v) is 5.38. The number of halogens is 2. The van der Waals surface area contributed by atoms with Crippen molar-refractivity contribution in [1.29, 1.82) is 0 Å². The van der Waals surface area contributed by atoms with Gasteiger partial charge in [0.1, 0.15) is 6.61 Å². The van der Waals surface area contributed by atoms with E-state index in [-0.39, 0.29) is 6.61 Å². The number of ether oxygens (including phenoxy) is 1. The molecule has 0 heterocycles. The highest BCUT2D eigenvalue weighted by atomic mass is 19.3. The maximum atomic E-state index is 13.2. The summed E-state index contributed by atoms with van der Waals surface area (Å²) in [5.41, 5.74) is 0.662. The molecule has 0 fully saturated rings. The maximum Gasteiger partial charge on any atom is 0.341 e. The molecule has 6 heteroatoms. The minimum Gasteiger partial charge on any atom is -0.459 e. The molecule has 18 heavy (non-hydrogen) atoms. The van der Waals surface area contributed by atoms with Gasteiger partial charge < -0.3 is 15.2 Å². The summed E-state index contributed by atoms with van der Waals surface area (Å²) in [5, 5.41) is 11.4. The SMILES string of the molecule is CNCC(F)(F)C(O)C(=O)OCc1ccccc1. The van der Waals surface area contributed by atoms with Crippen LogP contribution in [0.3, 0.4) is 0 Å². The predicted molar refractivity (Wildman–Crippen MR) is 61.1 cm³/mol. The summed E-state index contributed by atoms with van der Waals surface area (Å²) in [6, 6.07) is 8.61. The van der Waals surface area contributed by atoms with E-state index in [1.807, 2.05) is 0 Å². The number of hydrogen-bond donors (Lipinski definition) is 2. The first kappa shape index (κ1) is 14.5. The molecular formula is C12H15F2NO3. The van der Waals surface area contributed by atoms with Crippen LogP contribution in [-0.2, 0) is 16.1 Å². The molecule has 0 aliphatic rings. The number of hydrogen-bond acceptors (Lipinski definition) is 4. The first-order valence-electron chi connectivity index (χ1n) is 5.38. The number of aliphatic hydroxyl groups excluding tert-OH is 1. The van der Waals surface area contributed by atoms with Gasteiger partial charge in [0.25, 0.3) is 5.92 Å². The summed E-state index contributed by atoms with van der Waals surface area (Å²) in [7, 11) is 1.30. The van der Waals surface area contributed by atoms with Crippen molar-refractivity contribution in [2.45, 2.75) is 18.6 Å². The fraction of sp³-hybridized carbons (Fsp3) is 0.417. The average molecular weight is 259 g/mol. The lowest BCUT2D eigenvalue weighted by atomic mass is 10.2. The van der Waals surface area contributed by atoms with Gasteiger partial charge in [-0.15, -0.1) is 0 Å². The number of esters is 1. The Labute approximate surface area is 104 Å². The largest absolute Gasteiger partial charge is 0.459 e. The van der Waals surface area contributed by atoms with Gasteiger partial charge in [-0.2, -0.15) is 0 Å². The van der Waals surface area contributed by atoms with E-state index in [1.165, 1.54) is 7.05 Å². The Morgan fingerprint density at radius 3 is 2.61 bits per heavy atom. The summed E-state index contributed by atoms with van der Waals surface area (Å²) in [4.78, 5) is 11.3. The highest BCUT2D eigenvalue weighted by Gasteiger charge is 2.43. The predicted octanol–water partition coefficient (Wildman–Crippen LogP) is 0.945. The molecule has 0 aliphatic carbocycles.